The molecule has 152 valence electrons. The third-order valence-electron chi connectivity index (χ3n) is 4.29. The fraction of sp³-hybridized carbons (Fsp3) is 0.579. The van der Waals surface area contributed by atoms with Crippen LogP contribution in [0.2, 0.25) is 0 Å². The molecule has 0 unspecified atom stereocenters. The van der Waals surface area contributed by atoms with Crippen molar-refractivity contribution in [1.29, 1.82) is 0 Å². The number of aromatic nitrogens is 3. The molecule has 28 heavy (non-hydrogen) atoms. The molecule has 2 aromatic heterocycles. The van der Waals surface area contributed by atoms with Gasteiger partial charge in [0.1, 0.15) is 17.1 Å². The number of carbonyl (C=O) groups is 2. The van der Waals surface area contributed by atoms with E-state index in [9.17, 15) is 9.59 Å². The molecule has 9 heteroatoms. The third kappa shape index (κ3) is 4.71. The van der Waals surface area contributed by atoms with Crippen LogP contribution >= 0.6 is 0 Å². The van der Waals surface area contributed by atoms with Crippen molar-refractivity contribution in [2.45, 2.75) is 52.2 Å². The van der Waals surface area contributed by atoms with Crippen LogP contribution in [0, 0.1) is 0 Å². The molecule has 1 saturated heterocycles. The highest BCUT2D eigenvalue weighted by molar-refractivity contribution is 5.93. The summed E-state index contributed by atoms with van der Waals surface area (Å²) in [6.45, 7) is 8.70. The minimum atomic E-state index is -0.568. The Balaban J connectivity index is 1.77. The van der Waals surface area contributed by atoms with Crippen LogP contribution in [0.4, 0.5) is 10.6 Å². The number of rotatable bonds is 4. The Hall–Kier alpha value is -2.84. The van der Waals surface area contributed by atoms with Crippen LogP contribution in [0.1, 0.15) is 51.2 Å². The zero-order chi connectivity index (χ0) is 20.3. The highest BCUT2D eigenvalue weighted by Crippen LogP contribution is 2.23. The van der Waals surface area contributed by atoms with Crippen LogP contribution in [0.3, 0.4) is 0 Å². The number of hydrogen-bond donors (Lipinski definition) is 2. The van der Waals surface area contributed by atoms with Crippen LogP contribution < -0.4 is 5.32 Å². The summed E-state index contributed by atoms with van der Waals surface area (Å²) in [6.07, 6.45) is 3.15. The number of nitrogens with zero attached hydrogens (tertiary/aromatic N) is 3. The Morgan fingerprint density at radius 2 is 2.14 bits per heavy atom. The van der Waals surface area contributed by atoms with Gasteiger partial charge in [-0.25, -0.2) is 19.6 Å². The lowest BCUT2D eigenvalue weighted by Crippen LogP contribution is -2.47. The van der Waals surface area contributed by atoms with E-state index in [0.29, 0.717) is 24.6 Å². The van der Waals surface area contributed by atoms with Crippen LogP contribution in [-0.2, 0) is 9.47 Å². The van der Waals surface area contributed by atoms with E-state index in [2.05, 4.69) is 20.3 Å². The first-order valence-electron chi connectivity index (χ1n) is 9.53. The molecule has 2 N–H and O–H groups in total. The molecule has 1 atom stereocenters. The van der Waals surface area contributed by atoms with Gasteiger partial charge in [-0.2, -0.15) is 0 Å². The van der Waals surface area contributed by atoms with Gasteiger partial charge in [0.05, 0.1) is 12.0 Å². The molecule has 2 aromatic rings. The fourth-order valence-electron chi connectivity index (χ4n) is 3.12. The first kappa shape index (κ1) is 19.9. The van der Waals surface area contributed by atoms with Gasteiger partial charge in [0, 0.05) is 25.3 Å². The first-order valence-corrected chi connectivity index (χ1v) is 9.53. The Kier molecular flexibility index (Phi) is 5.71. The van der Waals surface area contributed by atoms with E-state index in [4.69, 9.17) is 9.47 Å². The van der Waals surface area contributed by atoms with Crippen molar-refractivity contribution in [1.82, 2.24) is 19.9 Å². The summed E-state index contributed by atoms with van der Waals surface area (Å²) in [5.74, 6) is -0.0227. The predicted octanol–water partition coefficient (Wildman–Crippen LogP) is 2.95. The molecule has 3 rings (SSSR count). The van der Waals surface area contributed by atoms with Gasteiger partial charge in [0.25, 0.3) is 0 Å². The standard InChI is InChI=1S/C19H27N5O4/c1-5-27-17(25)16-22-14-13(8-9-20-14)15(23-16)21-12-7-6-10-24(11-12)18(26)28-19(2,3)4/h8-9,12H,5-7,10-11H2,1-4H3,(H2,20,21,22,23)/t12-/m1/s1. The highest BCUT2D eigenvalue weighted by atomic mass is 16.6. The Morgan fingerprint density at radius 1 is 1.36 bits per heavy atom. The van der Waals surface area contributed by atoms with Gasteiger partial charge in [-0.3, -0.25) is 0 Å². The molecule has 1 aliphatic heterocycles. The molecular formula is C19H27N5O4. The molecule has 0 aliphatic carbocycles. The molecule has 1 fully saturated rings. The lowest BCUT2D eigenvalue weighted by atomic mass is 10.1. The number of piperidine rings is 1. The second kappa shape index (κ2) is 8.04. The number of fused-ring (bicyclic) bond motifs is 1. The molecule has 0 bridgehead atoms. The van der Waals surface area contributed by atoms with Crippen molar-refractivity contribution in [3.05, 3.63) is 18.1 Å². The van der Waals surface area contributed by atoms with E-state index >= 15 is 0 Å². The van der Waals surface area contributed by atoms with E-state index in [1.165, 1.54) is 0 Å². The highest BCUT2D eigenvalue weighted by Gasteiger charge is 2.28. The monoisotopic (exact) mass is 389 g/mol. The summed E-state index contributed by atoms with van der Waals surface area (Å²) in [5, 5.41) is 4.15. The summed E-state index contributed by atoms with van der Waals surface area (Å²) in [7, 11) is 0. The van der Waals surface area contributed by atoms with Gasteiger partial charge in [-0.15, -0.1) is 0 Å². The van der Waals surface area contributed by atoms with Crippen LogP contribution in [0.5, 0.6) is 0 Å². The van der Waals surface area contributed by atoms with Crippen molar-refractivity contribution >= 4 is 28.9 Å². The molecule has 3 heterocycles. The summed E-state index contributed by atoms with van der Waals surface area (Å²) in [5.41, 5.74) is 0.0241. The van der Waals surface area contributed by atoms with E-state index < -0.39 is 11.6 Å². The molecule has 1 amide bonds. The third-order valence-corrected chi connectivity index (χ3v) is 4.29. The number of esters is 1. The smallest absolute Gasteiger partial charge is 0.410 e. The van der Waals surface area contributed by atoms with Crippen molar-refractivity contribution in [2.75, 3.05) is 25.0 Å². The number of likely N-dealkylation sites (tertiary alicyclic amines) is 1. The van der Waals surface area contributed by atoms with Gasteiger partial charge in [0.15, 0.2) is 0 Å². The Morgan fingerprint density at radius 3 is 2.86 bits per heavy atom. The van der Waals surface area contributed by atoms with Crippen molar-refractivity contribution in [3.63, 3.8) is 0 Å². The number of amides is 1. The number of aromatic amines is 1. The topological polar surface area (TPSA) is 109 Å². The maximum Gasteiger partial charge on any atom is 0.410 e. The molecule has 0 saturated carbocycles. The first-order chi connectivity index (χ1) is 13.3. The average Bonchev–Trinajstić information content (AvgIpc) is 3.09. The second-order valence-electron chi connectivity index (χ2n) is 7.77. The van der Waals surface area contributed by atoms with Crippen molar-refractivity contribution in [2.24, 2.45) is 0 Å². The van der Waals surface area contributed by atoms with Gasteiger partial charge in [-0.1, -0.05) is 0 Å². The van der Waals surface area contributed by atoms with Gasteiger partial charge in [0.2, 0.25) is 5.82 Å². The number of nitrogens with one attached hydrogen (secondary N) is 2. The number of carbonyl (C=O) groups excluding carboxylic acids is 2. The molecular weight excluding hydrogens is 362 g/mol. The maximum atomic E-state index is 12.4. The van der Waals surface area contributed by atoms with E-state index in [1.807, 2.05) is 26.8 Å². The summed E-state index contributed by atoms with van der Waals surface area (Å²) in [4.78, 5) is 37.7. The molecule has 0 radical (unpaired) electrons. The second-order valence-corrected chi connectivity index (χ2v) is 7.77. The van der Waals surface area contributed by atoms with Gasteiger partial charge >= 0.3 is 12.1 Å². The largest absolute Gasteiger partial charge is 0.460 e. The quantitative estimate of drug-likeness (QED) is 0.774. The lowest BCUT2D eigenvalue weighted by Gasteiger charge is -2.34. The number of ether oxygens (including phenoxy) is 2. The van der Waals surface area contributed by atoms with Crippen LogP contribution in [0.25, 0.3) is 11.0 Å². The SMILES string of the molecule is CCOC(=O)c1nc(N[C@@H]2CCCN(C(=O)OC(C)(C)C)C2)c2cc[nH]c2n1. The molecule has 1 aliphatic rings. The van der Waals surface area contributed by atoms with Crippen molar-refractivity contribution in [3.8, 4) is 0 Å². The van der Waals surface area contributed by atoms with E-state index in [1.54, 1.807) is 18.0 Å². The number of anilines is 1. The normalized spacial score (nSPS) is 17.4. The minimum Gasteiger partial charge on any atom is -0.460 e. The molecule has 9 nitrogen and oxygen atoms in total. The van der Waals surface area contributed by atoms with Crippen LogP contribution in [-0.4, -0.2) is 63.3 Å². The zero-order valence-corrected chi connectivity index (χ0v) is 16.7. The Labute approximate surface area is 163 Å². The molecule has 0 spiro atoms. The van der Waals surface area contributed by atoms with E-state index in [-0.39, 0.29) is 24.6 Å². The summed E-state index contributed by atoms with van der Waals surface area (Å²) < 4.78 is 10.5. The van der Waals surface area contributed by atoms with Crippen LogP contribution in [0.15, 0.2) is 12.3 Å². The fourth-order valence-corrected chi connectivity index (χ4v) is 3.12. The summed E-state index contributed by atoms with van der Waals surface area (Å²) >= 11 is 0. The number of H-pyrrole nitrogens is 1. The summed E-state index contributed by atoms with van der Waals surface area (Å²) in [6, 6.07) is 1.84. The van der Waals surface area contributed by atoms with Gasteiger partial charge in [-0.05, 0) is 46.6 Å². The number of hydrogen-bond acceptors (Lipinski definition) is 7. The van der Waals surface area contributed by atoms with Crippen molar-refractivity contribution < 1.29 is 19.1 Å². The maximum absolute atomic E-state index is 12.4. The Bertz CT molecular complexity index is 858. The van der Waals surface area contributed by atoms with E-state index in [0.717, 1.165) is 18.2 Å². The minimum absolute atomic E-state index is 0.000826. The predicted molar refractivity (Wildman–Crippen MR) is 104 cm³/mol. The lowest BCUT2D eigenvalue weighted by molar-refractivity contribution is 0.0206. The average molecular weight is 389 g/mol. The van der Waals surface area contributed by atoms with Gasteiger partial charge < -0.3 is 24.7 Å². The zero-order valence-electron chi connectivity index (χ0n) is 16.7. The molecule has 0 aromatic carbocycles.